The van der Waals surface area contributed by atoms with Crippen LogP contribution >= 0.6 is 0 Å². The number of hydrogen-bond donors (Lipinski definition) is 1. The van der Waals surface area contributed by atoms with Crippen molar-refractivity contribution in [1.82, 2.24) is 5.32 Å². The Hall–Kier alpha value is -0.0400. The third kappa shape index (κ3) is 10.9. The van der Waals surface area contributed by atoms with Crippen LogP contribution in [0.2, 0.25) is 0 Å². The lowest BCUT2D eigenvalue weighted by Crippen LogP contribution is -1.89. The Labute approximate surface area is 66.2 Å². The lowest BCUT2D eigenvalue weighted by Gasteiger charge is -1.66. The standard InChI is InChI=1S/C5H10.C2H7N.C2H6/c1-4-3-5(4)2;1-3-2;1-2/h4-5H,3H2,1-2H3;3H,1-2H3;1-2H3. The van der Waals surface area contributed by atoms with E-state index >= 15 is 0 Å². The van der Waals surface area contributed by atoms with Crippen LogP contribution in [0.1, 0.15) is 34.1 Å². The number of hydrogen-bond acceptors (Lipinski definition) is 1. The zero-order valence-electron chi connectivity index (χ0n) is 8.36. The maximum atomic E-state index is 2.75. The van der Waals surface area contributed by atoms with E-state index in [2.05, 4.69) is 19.2 Å². The lowest BCUT2D eigenvalue weighted by atomic mass is 10.4. The molecule has 1 aliphatic rings. The third-order valence-electron chi connectivity index (χ3n) is 1.51. The minimum absolute atomic E-state index is 1.05. The second kappa shape index (κ2) is 8.96. The Kier molecular flexibility index (Phi) is 11.3. The molecule has 0 aromatic rings. The molecule has 1 aliphatic carbocycles. The molecule has 0 bridgehead atoms. The van der Waals surface area contributed by atoms with E-state index in [1.54, 1.807) is 0 Å². The summed E-state index contributed by atoms with van der Waals surface area (Å²) in [6, 6.07) is 0. The SMILES string of the molecule is CC.CC1CC1C.CNC. The van der Waals surface area contributed by atoms with Gasteiger partial charge in [-0.1, -0.05) is 27.7 Å². The van der Waals surface area contributed by atoms with Gasteiger partial charge in [-0.05, 0) is 32.4 Å². The van der Waals surface area contributed by atoms with Crippen molar-refractivity contribution in [3.63, 3.8) is 0 Å². The molecule has 10 heavy (non-hydrogen) atoms. The second-order valence-electron chi connectivity index (χ2n) is 2.69. The predicted molar refractivity (Wildman–Crippen MR) is 49.3 cm³/mol. The summed E-state index contributed by atoms with van der Waals surface area (Å²) < 4.78 is 0. The van der Waals surface area contributed by atoms with Crippen LogP contribution in [0, 0.1) is 11.8 Å². The van der Waals surface area contributed by atoms with Crippen molar-refractivity contribution in [2.45, 2.75) is 34.1 Å². The van der Waals surface area contributed by atoms with Gasteiger partial charge in [0.15, 0.2) is 0 Å². The molecular weight excluding hydrogens is 122 g/mol. The van der Waals surface area contributed by atoms with E-state index in [1.165, 1.54) is 6.42 Å². The summed E-state index contributed by atoms with van der Waals surface area (Å²) in [4.78, 5) is 0. The molecule has 0 saturated heterocycles. The van der Waals surface area contributed by atoms with Gasteiger partial charge < -0.3 is 5.32 Å². The van der Waals surface area contributed by atoms with Gasteiger partial charge in [-0.3, -0.25) is 0 Å². The van der Waals surface area contributed by atoms with Crippen molar-refractivity contribution in [1.29, 1.82) is 0 Å². The van der Waals surface area contributed by atoms with Crippen molar-refractivity contribution in [3.8, 4) is 0 Å². The van der Waals surface area contributed by atoms with Crippen LogP contribution in [-0.4, -0.2) is 14.1 Å². The van der Waals surface area contributed by atoms with Gasteiger partial charge in [-0.2, -0.15) is 0 Å². The molecule has 0 heterocycles. The maximum absolute atomic E-state index is 2.75. The van der Waals surface area contributed by atoms with Gasteiger partial charge in [0.1, 0.15) is 0 Å². The van der Waals surface area contributed by atoms with Crippen molar-refractivity contribution in [2.75, 3.05) is 14.1 Å². The number of nitrogens with one attached hydrogen (secondary N) is 1. The molecule has 1 nitrogen and oxygen atoms in total. The summed E-state index contributed by atoms with van der Waals surface area (Å²) in [5.74, 6) is 2.10. The quantitative estimate of drug-likeness (QED) is 0.552. The van der Waals surface area contributed by atoms with Crippen molar-refractivity contribution >= 4 is 0 Å². The second-order valence-corrected chi connectivity index (χ2v) is 2.69. The molecule has 64 valence electrons. The predicted octanol–water partition coefficient (Wildman–Crippen LogP) is 2.52. The van der Waals surface area contributed by atoms with Crippen LogP contribution in [0.5, 0.6) is 0 Å². The van der Waals surface area contributed by atoms with Crippen molar-refractivity contribution < 1.29 is 0 Å². The topological polar surface area (TPSA) is 12.0 Å². The molecule has 1 heteroatoms. The largest absolute Gasteiger partial charge is 0.323 e. The van der Waals surface area contributed by atoms with E-state index in [0.29, 0.717) is 0 Å². The highest BCUT2D eigenvalue weighted by Gasteiger charge is 2.26. The summed E-state index contributed by atoms with van der Waals surface area (Å²) >= 11 is 0. The average molecular weight is 145 g/mol. The summed E-state index contributed by atoms with van der Waals surface area (Å²) in [5.41, 5.74) is 0. The Morgan fingerprint density at radius 2 is 1.10 bits per heavy atom. The first-order valence-electron chi connectivity index (χ1n) is 4.30. The van der Waals surface area contributed by atoms with Gasteiger partial charge in [0.2, 0.25) is 0 Å². The normalized spacial score (nSPS) is 27.0. The summed E-state index contributed by atoms with van der Waals surface area (Å²) in [6.45, 7) is 8.59. The minimum Gasteiger partial charge on any atom is -0.323 e. The minimum atomic E-state index is 1.05. The first-order chi connectivity index (χ1) is 4.72. The monoisotopic (exact) mass is 145 g/mol. The first kappa shape index (κ1) is 12.6. The Morgan fingerprint density at radius 1 is 1.00 bits per heavy atom. The average Bonchev–Trinajstić information content (AvgIpc) is 2.53. The van der Waals surface area contributed by atoms with Crippen LogP contribution in [0.3, 0.4) is 0 Å². The zero-order chi connectivity index (χ0) is 8.57. The van der Waals surface area contributed by atoms with E-state index in [1.807, 2.05) is 27.9 Å². The molecule has 0 amide bonds. The van der Waals surface area contributed by atoms with E-state index in [-0.39, 0.29) is 0 Å². The van der Waals surface area contributed by atoms with Crippen LogP contribution < -0.4 is 5.32 Å². The molecule has 2 atom stereocenters. The fraction of sp³-hybridized carbons (Fsp3) is 1.00. The van der Waals surface area contributed by atoms with Crippen molar-refractivity contribution in [2.24, 2.45) is 11.8 Å². The lowest BCUT2D eigenvalue weighted by molar-refractivity contribution is 0.834. The molecule has 0 aromatic carbocycles. The Balaban J connectivity index is 0. The van der Waals surface area contributed by atoms with Gasteiger partial charge in [-0.25, -0.2) is 0 Å². The van der Waals surface area contributed by atoms with Crippen LogP contribution in [0.15, 0.2) is 0 Å². The number of rotatable bonds is 0. The summed E-state index contributed by atoms with van der Waals surface area (Å²) in [5, 5.41) is 2.75. The third-order valence-corrected chi connectivity index (χ3v) is 1.51. The Bertz CT molecular complexity index is 46.7. The summed E-state index contributed by atoms with van der Waals surface area (Å²) in [7, 11) is 3.75. The van der Waals surface area contributed by atoms with Gasteiger partial charge in [0.05, 0.1) is 0 Å². The molecule has 1 rings (SSSR count). The molecule has 1 fully saturated rings. The van der Waals surface area contributed by atoms with Crippen molar-refractivity contribution in [3.05, 3.63) is 0 Å². The van der Waals surface area contributed by atoms with Crippen LogP contribution in [-0.2, 0) is 0 Å². The van der Waals surface area contributed by atoms with E-state index in [4.69, 9.17) is 0 Å². The fourth-order valence-corrected chi connectivity index (χ4v) is 0.508. The fourth-order valence-electron chi connectivity index (χ4n) is 0.508. The van der Waals surface area contributed by atoms with E-state index in [0.717, 1.165) is 11.8 Å². The molecule has 2 unspecified atom stereocenters. The Morgan fingerprint density at radius 3 is 1.10 bits per heavy atom. The molecule has 0 radical (unpaired) electrons. The van der Waals surface area contributed by atoms with Crippen LogP contribution in [0.25, 0.3) is 0 Å². The van der Waals surface area contributed by atoms with Gasteiger partial charge >= 0.3 is 0 Å². The molecule has 1 N–H and O–H groups in total. The molecule has 0 spiro atoms. The van der Waals surface area contributed by atoms with Gasteiger partial charge in [0, 0.05) is 0 Å². The van der Waals surface area contributed by atoms with Gasteiger partial charge in [0.25, 0.3) is 0 Å². The smallest absolute Gasteiger partial charge is 0.0167 e. The zero-order valence-corrected chi connectivity index (χ0v) is 8.36. The van der Waals surface area contributed by atoms with E-state index < -0.39 is 0 Å². The maximum Gasteiger partial charge on any atom is -0.0167 e. The van der Waals surface area contributed by atoms with E-state index in [9.17, 15) is 0 Å². The molecular formula is C9H23N. The molecule has 1 saturated carbocycles. The molecule has 0 aliphatic heterocycles. The highest BCUT2D eigenvalue weighted by Crippen LogP contribution is 2.36. The van der Waals surface area contributed by atoms with Gasteiger partial charge in [-0.15, -0.1) is 0 Å². The van der Waals surface area contributed by atoms with Crippen LogP contribution in [0.4, 0.5) is 0 Å². The molecule has 0 aromatic heterocycles. The summed E-state index contributed by atoms with van der Waals surface area (Å²) in [6.07, 6.45) is 1.47. The first-order valence-corrected chi connectivity index (χ1v) is 4.30. The highest BCUT2D eigenvalue weighted by atomic mass is 14.7. The highest BCUT2D eigenvalue weighted by molar-refractivity contribution is 4.76.